The molecule has 1 aromatic heterocycles. The molecule has 0 saturated carbocycles. The SMILES string of the molecule is C=C/C(=C\C(=C)C#N)C(N)c1c(N)ncnc1NCC1=Cc2cccc(C)c2C(=C)N1c1ccccc1C. The molecule has 0 aliphatic carbocycles. The molecule has 0 radical (unpaired) electrons. The Balaban J connectivity index is 1.76. The Morgan fingerprint density at radius 2 is 1.89 bits per heavy atom. The minimum Gasteiger partial charge on any atom is -0.383 e. The monoisotopic (exact) mass is 501 g/mol. The number of nitriles is 1. The fourth-order valence-corrected chi connectivity index (χ4v) is 4.69. The first-order valence-corrected chi connectivity index (χ1v) is 12.1. The van der Waals surface area contributed by atoms with Gasteiger partial charge in [-0.2, -0.15) is 5.26 Å². The second-order valence-corrected chi connectivity index (χ2v) is 9.08. The zero-order valence-corrected chi connectivity index (χ0v) is 21.7. The van der Waals surface area contributed by atoms with Crippen molar-refractivity contribution < 1.29 is 0 Å². The van der Waals surface area contributed by atoms with Gasteiger partial charge in [-0.05, 0) is 54.3 Å². The van der Waals surface area contributed by atoms with Crippen molar-refractivity contribution in [2.45, 2.75) is 19.9 Å². The van der Waals surface area contributed by atoms with E-state index in [4.69, 9.17) is 16.7 Å². The van der Waals surface area contributed by atoms with Crippen LogP contribution in [0, 0.1) is 25.2 Å². The van der Waals surface area contributed by atoms with Gasteiger partial charge >= 0.3 is 0 Å². The standard InChI is InChI=1S/C31H31N7/c1-6-23(14-19(2)16-32)29(33)28-30(34)36-18-37-31(28)35-17-25-15-24-12-9-11-21(4)27(24)22(5)38(25)26-13-8-7-10-20(26)3/h6-15,18,29H,1-2,5,17,33H2,3-4H3,(H3,34,35,36,37)/b23-14+. The zero-order chi connectivity index (χ0) is 27.4. The van der Waals surface area contributed by atoms with E-state index in [9.17, 15) is 0 Å². The number of para-hydroxylation sites is 1. The van der Waals surface area contributed by atoms with Crippen LogP contribution in [0.3, 0.4) is 0 Å². The lowest BCUT2D eigenvalue weighted by atomic mass is 9.93. The van der Waals surface area contributed by atoms with Crippen LogP contribution in [0.1, 0.15) is 33.9 Å². The lowest BCUT2D eigenvalue weighted by Gasteiger charge is -2.36. The summed E-state index contributed by atoms with van der Waals surface area (Å²) in [5.74, 6) is 0.732. The summed E-state index contributed by atoms with van der Waals surface area (Å²) in [4.78, 5) is 10.8. The third-order valence-electron chi connectivity index (χ3n) is 6.57. The molecule has 0 spiro atoms. The van der Waals surface area contributed by atoms with Gasteiger partial charge in [-0.25, -0.2) is 9.97 Å². The van der Waals surface area contributed by atoms with Crippen molar-refractivity contribution >= 4 is 29.1 Å². The van der Waals surface area contributed by atoms with Crippen LogP contribution in [0.15, 0.2) is 97.5 Å². The lowest BCUT2D eigenvalue weighted by molar-refractivity contribution is 0.854. The summed E-state index contributed by atoms with van der Waals surface area (Å²) in [5, 5.41) is 12.6. The quantitative estimate of drug-likeness (QED) is 0.263. The molecule has 2 aromatic carbocycles. The Bertz CT molecular complexity index is 1540. The van der Waals surface area contributed by atoms with Gasteiger partial charge in [-0.3, -0.25) is 0 Å². The number of aryl methyl sites for hydroxylation is 2. The van der Waals surface area contributed by atoms with Crippen molar-refractivity contribution in [1.29, 1.82) is 5.26 Å². The number of rotatable bonds is 8. The molecule has 38 heavy (non-hydrogen) atoms. The fourth-order valence-electron chi connectivity index (χ4n) is 4.69. The zero-order valence-electron chi connectivity index (χ0n) is 21.7. The Hall–Kier alpha value is -4.93. The second-order valence-electron chi connectivity index (χ2n) is 9.08. The Labute approximate surface area is 223 Å². The number of anilines is 3. The molecule has 1 atom stereocenters. The summed E-state index contributed by atoms with van der Waals surface area (Å²) in [7, 11) is 0. The van der Waals surface area contributed by atoms with Gasteiger partial charge in [-0.1, -0.05) is 62.2 Å². The second kappa shape index (κ2) is 11.0. The van der Waals surface area contributed by atoms with Crippen molar-refractivity contribution in [3.8, 4) is 6.07 Å². The molecule has 7 heteroatoms. The summed E-state index contributed by atoms with van der Waals surface area (Å²) in [5.41, 5.74) is 21.6. The van der Waals surface area contributed by atoms with Gasteiger partial charge in [0.1, 0.15) is 18.0 Å². The third-order valence-corrected chi connectivity index (χ3v) is 6.57. The molecular weight excluding hydrogens is 470 g/mol. The highest BCUT2D eigenvalue weighted by atomic mass is 15.2. The molecule has 7 nitrogen and oxygen atoms in total. The predicted molar refractivity (Wildman–Crippen MR) is 157 cm³/mol. The molecule has 1 aliphatic heterocycles. The molecular formula is C31H31N7. The first kappa shape index (κ1) is 26.1. The molecule has 0 bridgehead atoms. The van der Waals surface area contributed by atoms with Crippen LogP contribution in [-0.2, 0) is 0 Å². The molecule has 2 heterocycles. The van der Waals surface area contributed by atoms with Gasteiger partial charge in [0.2, 0.25) is 0 Å². The van der Waals surface area contributed by atoms with E-state index in [0.717, 1.165) is 39.3 Å². The van der Waals surface area contributed by atoms with Crippen LogP contribution >= 0.6 is 0 Å². The summed E-state index contributed by atoms with van der Waals surface area (Å²) in [6.45, 7) is 16.6. The van der Waals surface area contributed by atoms with E-state index in [1.54, 1.807) is 12.2 Å². The average Bonchev–Trinajstić information content (AvgIpc) is 2.90. The van der Waals surface area contributed by atoms with E-state index in [2.05, 4.69) is 84.1 Å². The number of nitrogens with one attached hydrogen (secondary N) is 1. The highest BCUT2D eigenvalue weighted by Crippen LogP contribution is 2.39. The number of allylic oxidation sites excluding steroid dienone is 2. The van der Waals surface area contributed by atoms with Crippen LogP contribution < -0.4 is 21.7 Å². The molecule has 3 aromatic rings. The van der Waals surface area contributed by atoms with Gasteiger partial charge < -0.3 is 21.7 Å². The van der Waals surface area contributed by atoms with Crippen LogP contribution in [-0.4, -0.2) is 16.5 Å². The van der Waals surface area contributed by atoms with Gasteiger partial charge in [0, 0.05) is 28.2 Å². The normalized spacial score (nSPS) is 13.7. The molecule has 0 saturated heterocycles. The smallest absolute Gasteiger partial charge is 0.136 e. The third kappa shape index (κ3) is 4.99. The van der Waals surface area contributed by atoms with Crippen molar-refractivity contribution in [1.82, 2.24) is 9.97 Å². The number of nitrogens with zero attached hydrogens (tertiary/aromatic N) is 4. The minimum atomic E-state index is -0.715. The maximum atomic E-state index is 9.17. The van der Waals surface area contributed by atoms with Gasteiger partial charge in [-0.15, -0.1) is 0 Å². The largest absolute Gasteiger partial charge is 0.383 e. The molecule has 0 amide bonds. The number of aromatic nitrogens is 2. The number of nitrogen functional groups attached to an aromatic ring is 1. The van der Waals surface area contributed by atoms with Crippen molar-refractivity contribution in [2.24, 2.45) is 5.73 Å². The number of benzene rings is 2. The fraction of sp³-hybridized carbons (Fsp3) is 0.129. The summed E-state index contributed by atoms with van der Waals surface area (Å²) >= 11 is 0. The molecule has 4 rings (SSSR count). The van der Waals surface area contributed by atoms with Crippen LogP contribution in [0.2, 0.25) is 0 Å². The first-order chi connectivity index (χ1) is 18.3. The Morgan fingerprint density at radius 3 is 2.61 bits per heavy atom. The number of hydrogen-bond donors (Lipinski definition) is 3. The van der Waals surface area contributed by atoms with Crippen molar-refractivity contribution in [3.63, 3.8) is 0 Å². The molecule has 1 aliphatic rings. The number of hydrogen-bond acceptors (Lipinski definition) is 7. The topological polar surface area (TPSA) is 117 Å². The van der Waals surface area contributed by atoms with E-state index in [0.29, 0.717) is 23.5 Å². The van der Waals surface area contributed by atoms with Gasteiger partial charge in [0.25, 0.3) is 0 Å². The van der Waals surface area contributed by atoms with Crippen molar-refractivity contribution in [3.05, 3.63) is 125 Å². The maximum Gasteiger partial charge on any atom is 0.136 e. The first-order valence-electron chi connectivity index (χ1n) is 12.1. The predicted octanol–water partition coefficient (Wildman–Crippen LogP) is 5.81. The summed E-state index contributed by atoms with van der Waals surface area (Å²) < 4.78 is 0. The number of nitrogens with two attached hydrogens (primary N) is 2. The molecule has 190 valence electrons. The van der Waals surface area contributed by atoms with E-state index in [1.165, 1.54) is 6.33 Å². The highest BCUT2D eigenvalue weighted by molar-refractivity contribution is 5.93. The maximum absolute atomic E-state index is 9.17. The molecule has 1 unspecified atom stereocenters. The number of fused-ring (bicyclic) bond motifs is 1. The average molecular weight is 502 g/mol. The summed E-state index contributed by atoms with van der Waals surface area (Å²) in [6.07, 6.45) is 6.72. The van der Waals surface area contributed by atoms with E-state index < -0.39 is 6.04 Å². The highest BCUT2D eigenvalue weighted by Gasteiger charge is 2.26. The Kier molecular flexibility index (Phi) is 7.56. The van der Waals surface area contributed by atoms with E-state index in [-0.39, 0.29) is 11.4 Å². The molecule has 5 N–H and O–H groups in total. The summed E-state index contributed by atoms with van der Waals surface area (Å²) in [6, 6.07) is 15.7. The van der Waals surface area contributed by atoms with Gasteiger partial charge in [0.15, 0.2) is 0 Å². The minimum absolute atomic E-state index is 0.240. The van der Waals surface area contributed by atoms with Crippen LogP contribution in [0.5, 0.6) is 0 Å². The van der Waals surface area contributed by atoms with Crippen LogP contribution in [0.25, 0.3) is 11.8 Å². The lowest BCUT2D eigenvalue weighted by Crippen LogP contribution is -2.29. The van der Waals surface area contributed by atoms with Crippen molar-refractivity contribution in [2.75, 3.05) is 22.5 Å². The van der Waals surface area contributed by atoms with Crippen LogP contribution in [0.4, 0.5) is 17.3 Å². The van der Waals surface area contributed by atoms with E-state index in [1.807, 2.05) is 24.3 Å². The van der Waals surface area contributed by atoms with E-state index >= 15 is 0 Å². The molecule has 0 fully saturated rings. The Morgan fingerprint density at radius 1 is 1.16 bits per heavy atom. The van der Waals surface area contributed by atoms with Gasteiger partial charge in [0.05, 0.1) is 24.2 Å².